The first kappa shape index (κ1) is 18.9. The van der Waals surface area contributed by atoms with Crippen molar-refractivity contribution in [3.05, 3.63) is 46.8 Å². The third-order valence-corrected chi connectivity index (χ3v) is 5.53. The lowest BCUT2D eigenvalue weighted by Crippen LogP contribution is -2.48. The third kappa shape index (κ3) is 3.61. The molecule has 3 atom stereocenters. The number of fused-ring (bicyclic) bond motifs is 1. The van der Waals surface area contributed by atoms with Crippen molar-refractivity contribution in [2.45, 2.75) is 38.0 Å². The number of halogens is 3. The van der Waals surface area contributed by atoms with Gasteiger partial charge in [-0.25, -0.2) is 10.1 Å². The van der Waals surface area contributed by atoms with E-state index < -0.39 is 11.7 Å². The van der Waals surface area contributed by atoms with Gasteiger partial charge in [0.2, 0.25) is 5.91 Å². The van der Waals surface area contributed by atoms with Gasteiger partial charge in [-0.3, -0.25) is 10.2 Å². The van der Waals surface area contributed by atoms with Crippen LogP contribution in [-0.4, -0.2) is 40.3 Å². The van der Waals surface area contributed by atoms with Crippen molar-refractivity contribution in [2.75, 3.05) is 13.1 Å². The Morgan fingerprint density at radius 1 is 1.25 bits per heavy atom. The van der Waals surface area contributed by atoms with E-state index in [1.807, 2.05) is 0 Å². The molecule has 2 aliphatic heterocycles. The fraction of sp³-hybridized carbons (Fsp3) is 0.500. The number of nitrogens with zero attached hydrogens (tertiary/aromatic N) is 3. The first-order valence-corrected chi connectivity index (χ1v) is 9.07. The molecule has 2 aliphatic rings. The maximum absolute atomic E-state index is 12.8. The number of piperidine rings is 1. The zero-order valence-corrected chi connectivity index (χ0v) is 15.2. The van der Waals surface area contributed by atoms with E-state index in [1.54, 1.807) is 11.8 Å². The summed E-state index contributed by atoms with van der Waals surface area (Å²) in [6.07, 6.45) is -3.47. The number of carbonyl (C=O) groups excluding carboxylic acids is 1. The normalized spacial score (nSPS) is 25.0. The summed E-state index contributed by atoms with van der Waals surface area (Å²) in [6.45, 7) is 2.86. The predicted molar refractivity (Wildman–Crippen MR) is 91.7 cm³/mol. The van der Waals surface area contributed by atoms with E-state index in [4.69, 9.17) is 0 Å². The van der Waals surface area contributed by atoms with Gasteiger partial charge in [-0.1, -0.05) is 22.4 Å². The molecule has 150 valence electrons. The molecule has 2 N–H and O–H groups in total. The summed E-state index contributed by atoms with van der Waals surface area (Å²) >= 11 is 0. The highest BCUT2D eigenvalue weighted by Gasteiger charge is 2.42. The van der Waals surface area contributed by atoms with Crippen LogP contribution >= 0.6 is 0 Å². The van der Waals surface area contributed by atoms with E-state index in [-0.39, 0.29) is 30.3 Å². The van der Waals surface area contributed by atoms with Crippen LogP contribution in [0.5, 0.6) is 0 Å². The van der Waals surface area contributed by atoms with Gasteiger partial charge >= 0.3 is 6.18 Å². The number of hydrogen-bond donors (Lipinski definition) is 2. The zero-order chi connectivity index (χ0) is 19.9. The van der Waals surface area contributed by atoms with Gasteiger partial charge in [0, 0.05) is 25.0 Å². The Bertz CT molecular complexity index is 852. The van der Waals surface area contributed by atoms with E-state index in [9.17, 15) is 18.0 Å². The van der Waals surface area contributed by atoms with Crippen molar-refractivity contribution >= 4 is 5.91 Å². The van der Waals surface area contributed by atoms with Crippen molar-refractivity contribution in [3.8, 4) is 0 Å². The molecule has 1 amide bonds. The standard InChI is InChI=1S/C18H20F3N5O2/c1-10-15(25-28-24-10)8-16(27)26-7-6-14-13(9-26)17(23-22-14)11-2-4-12(5-3-11)18(19,20)21/h2-5,13-14,17,22-23H,6-9H2,1H3. The molecule has 0 bridgehead atoms. The molecule has 3 unspecified atom stereocenters. The third-order valence-electron chi connectivity index (χ3n) is 5.53. The second-order valence-electron chi connectivity index (χ2n) is 7.26. The van der Waals surface area contributed by atoms with Crippen molar-refractivity contribution in [1.82, 2.24) is 26.1 Å². The molecule has 0 aliphatic carbocycles. The van der Waals surface area contributed by atoms with Crippen LogP contribution in [0.15, 0.2) is 28.9 Å². The van der Waals surface area contributed by atoms with Gasteiger partial charge in [-0.05, 0) is 31.0 Å². The van der Waals surface area contributed by atoms with Gasteiger partial charge in [0.15, 0.2) is 0 Å². The molecule has 10 heteroatoms. The second kappa shape index (κ2) is 7.17. The van der Waals surface area contributed by atoms with Crippen LogP contribution in [0.4, 0.5) is 13.2 Å². The lowest BCUT2D eigenvalue weighted by molar-refractivity contribution is -0.137. The maximum Gasteiger partial charge on any atom is 0.416 e. The van der Waals surface area contributed by atoms with Gasteiger partial charge in [-0.15, -0.1) is 0 Å². The summed E-state index contributed by atoms with van der Waals surface area (Å²) in [4.78, 5) is 14.4. The number of benzene rings is 1. The Labute approximate surface area is 159 Å². The molecule has 2 aromatic rings. The number of carbonyl (C=O) groups is 1. The van der Waals surface area contributed by atoms with E-state index in [2.05, 4.69) is 25.8 Å². The number of aryl methyl sites for hydroxylation is 1. The lowest BCUT2D eigenvalue weighted by Gasteiger charge is -2.36. The number of hydrogen-bond acceptors (Lipinski definition) is 6. The monoisotopic (exact) mass is 395 g/mol. The number of likely N-dealkylation sites (tertiary alicyclic amines) is 1. The van der Waals surface area contributed by atoms with Gasteiger partial charge in [0.1, 0.15) is 11.4 Å². The zero-order valence-electron chi connectivity index (χ0n) is 15.2. The molecule has 1 aromatic heterocycles. The van der Waals surface area contributed by atoms with Crippen molar-refractivity contribution < 1.29 is 22.6 Å². The number of amides is 1. The molecular weight excluding hydrogens is 375 g/mol. The first-order valence-electron chi connectivity index (χ1n) is 9.07. The topological polar surface area (TPSA) is 83.3 Å². The molecule has 1 aromatic carbocycles. The molecule has 0 spiro atoms. The number of rotatable bonds is 3. The molecule has 0 radical (unpaired) electrons. The quantitative estimate of drug-likeness (QED) is 0.827. The number of nitrogens with one attached hydrogen (secondary N) is 2. The highest BCUT2D eigenvalue weighted by Crippen LogP contribution is 2.35. The molecule has 7 nitrogen and oxygen atoms in total. The van der Waals surface area contributed by atoms with Crippen LogP contribution < -0.4 is 10.9 Å². The Morgan fingerprint density at radius 3 is 2.64 bits per heavy atom. The summed E-state index contributed by atoms with van der Waals surface area (Å²) in [7, 11) is 0. The molecule has 0 saturated carbocycles. The Balaban J connectivity index is 1.46. The van der Waals surface area contributed by atoms with Crippen LogP contribution in [0, 0.1) is 12.8 Å². The average Bonchev–Trinajstić information content (AvgIpc) is 3.27. The number of hydrazine groups is 1. The maximum atomic E-state index is 12.8. The average molecular weight is 395 g/mol. The van der Waals surface area contributed by atoms with E-state index in [0.29, 0.717) is 24.5 Å². The summed E-state index contributed by atoms with van der Waals surface area (Å²) in [5.41, 5.74) is 7.61. The van der Waals surface area contributed by atoms with E-state index in [0.717, 1.165) is 24.1 Å². The fourth-order valence-electron chi connectivity index (χ4n) is 3.90. The smallest absolute Gasteiger partial charge is 0.342 e. The molecule has 4 rings (SSSR count). The summed E-state index contributed by atoms with van der Waals surface area (Å²) in [5.74, 6) is 0.00119. The van der Waals surface area contributed by atoms with Crippen molar-refractivity contribution in [1.29, 1.82) is 0 Å². The van der Waals surface area contributed by atoms with Gasteiger partial charge < -0.3 is 4.90 Å². The van der Waals surface area contributed by atoms with Crippen LogP contribution in [-0.2, 0) is 17.4 Å². The van der Waals surface area contributed by atoms with Gasteiger partial charge in [0.25, 0.3) is 0 Å². The Morgan fingerprint density at radius 2 is 2.00 bits per heavy atom. The largest absolute Gasteiger partial charge is 0.416 e. The minimum absolute atomic E-state index is 0.0599. The SMILES string of the molecule is Cc1nonc1CC(=O)N1CCC2NNC(c3ccc(C(F)(F)F)cc3)C2C1. The Hall–Kier alpha value is -2.46. The minimum Gasteiger partial charge on any atom is -0.342 e. The second-order valence-corrected chi connectivity index (χ2v) is 7.26. The van der Waals surface area contributed by atoms with Crippen LogP contribution in [0.2, 0.25) is 0 Å². The highest BCUT2D eigenvalue weighted by atomic mass is 19.4. The van der Waals surface area contributed by atoms with E-state index in [1.165, 1.54) is 12.1 Å². The Kier molecular flexibility index (Phi) is 4.84. The molecule has 28 heavy (non-hydrogen) atoms. The molecule has 3 heterocycles. The summed E-state index contributed by atoms with van der Waals surface area (Å²) in [6, 6.07) is 5.17. The van der Waals surface area contributed by atoms with Crippen LogP contribution in [0.25, 0.3) is 0 Å². The van der Waals surface area contributed by atoms with E-state index >= 15 is 0 Å². The number of alkyl halides is 3. The van der Waals surface area contributed by atoms with Gasteiger partial charge in [0.05, 0.1) is 18.0 Å². The molecule has 2 saturated heterocycles. The van der Waals surface area contributed by atoms with Crippen LogP contribution in [0.3, 0.4) is 0 Å². The molecular formula is C18H20F3N5O2. The molecule has 2 fully saturated rings. The fourth-order valence-corrected chi connectivity index (χ4v) is 3.90. The van der Waals surface area contributed by atoms with Crippen molar-refractivity contribution in [3.63, 3.8) is 0 Å². The summed E-state index contributed by atoms with van der Waals surface area (Å²) < 4.78 is 43.0. The van der Waals surface area contributed by atoms with Crippen molar-refractivity contribution in [2.24, 2.45) is 5.92 Å². The summed E-state index contributed by atoms with van der Waals surface area (Å²) in [5, 5.41) is 7.44. The lowest BCUT2D eigenvalue weighted by atomic mass is 9.84. The minimum atomic E-state index is -4.36. The predicted octanol–water partition coefficient (Wildman–Crippen LogP) is 2.01. The van der Waals surface area contributed by atoms with Gasteiger partial charge in [-0.2, -0.15) is 13.2 Å². The first-order chi connectivity index (χ1) is 13.3. The number of aromatic nitrogens is 2. The highest BCUT2D eigenvalue weighted by molar-refractivity contribution is 5.78. The van der Waals surface area contributed by atoms with Crippen LogP contribution in [0.1, 0.15) is 35.0 Å².